The summed E-state index contributed by atoms with van der Waals surface area (Å²) < 4.78 is 5.09. The summed E-state index contributed by atoms with van der Waals surface area (Å²) in [6.45, 7) is 5.33. The number of aryl methyl sites for hydroxylation is 2. The van der Waals surface area contributed by atoms with Gasteiger partial charge in [0.05, 0.1) is 12.2 Å². The second-order valence-corrected chi connectivity index (χ2v) is 6.20. The van der Waals surface area contributed by atoms with E-state index in [-0.39, 0.29) is 12.5 Å². The lowest BCUT2D eigenvalue weighted by Gasteiger charge is -2.22. The Bertz CT molecular complexity index is 782. The summed E-state index contributed by atoms with van der Waals surface area (Å²) in [4.78, 5) is 26.3. The Morgan fingerprint density at radius 3 is 2.70 bits per heavy atom. The number of urea groups is 1. The van der Waals surface area contributed by atoms with E-state index in [1.165, 1.54) is 4.90 Å². The number of carbonyl (C=O) groups excluding carboxylic acids is 2. The maximum Gasteiger partial charge on any atom is 0.325 e. The number of aromatic nitrogens is 1. The molecule has 1 unspecified atom stereocenters. The highest BCUT2D eigenvalue weighted by Crippen LogP contribution is 2.31. The second kappa shape index (κ2) is 5.38. The zero-order chi connectivity index (χ0) is 16.8. The fourth-order valence-electron chi connectivity index (χ4n) is 2.72. The Kier molecular flexibility index (Phi) is 3.64. The van der Waals surface area contributed by atoms with Crippen LogP contribution in [0.25, 0.3) is 0 Å². The number of amides is 3. The minimum atomic E-state index is -1.14. The van der Waals surface area contributed by atoms with Gasteiger partial charge in [-0.25, -0.2) is 4.79 Å². The SMILES string of the molecule is Cc1noc(C)c1CN1C(=O)NC(C)(c2cccc(Cl)c2)C1=O. The van der Waals surface area contributed by atoms with Gasteiger partial charge in [0, 0.05) is 10.6 Å². The molecule has 3 amide bonds. The van der Waals surface area contributed by atoms with Crippen molar-refractivity contribution in [3.05, 3.63) is 51.9 Å². The Labute approximate surface area is 138 Å². The first-order valence-corrected chi connectivity index (χ1v) is 7.52. The van der Waals surface area contributed by atoms with E-state index in [0.29, 0.717) is 22.0 Å². The fourth-order valence-corrected chi connectivity index (χ4v) is 2.91. The van der Waals surface area contributed by atoms with Crippen molar-refractivity contribution in [2.45, 2.75) is 32.9 Å². The number of hydrogen-bond donors (Lipinski definition) is 1. The molecular weight excluding hydrogens is 318 g/mol. The molecule has 1 atom stereocenters. The minimum Gasteiger partial charge on any atom is -0.361 e. The van der Waals surface area contributed by atoms with Crippen LogP contribution in [0, 0.1) is 13.8 Å². The Morgan fingerprint density at radius 1 is 1.35 bits per heavy atom. The van der Waals surface area contributed by atoms with Crippen molar-refractivity contribution >= 4 is 23.5 Å². The third-order valence-electron chi connectivity index (χ3n) is 4.17. The predicted molar refractivity (Wildman–Crippen MR) is 83.9 cm³/mol. The molecule has 1 N–H and O–H groups in total. The number of rotatable bonds is 3. The average Bonchev–Trinajstić information content (AvgIpc) is 2.93. The van der Waals surface area contributed by atoms with Crippen LogP contribution in [0.15, 0.2) is 28.8 Å². The van der Waals surface area contributed by atoms with Gasteiger partial charge in [-0.05, 0) is 38.5 Å². The number of hydrogen-bond acceptors (Lipinski definition) is 4. The highest BCUT2D eigenvalue weighted by atomic mass is 35.5. The van der Waals surface area contributed by atoms with E-state index in [2.05, 4.69) is 10.5 Å². The van der Waals surface area contributed by atoms with Crippen LogP contribution in [0.3, 0.4) is 0 Å². The first-order chi connectivity index (χ1) is 10.8. The molecule has 1 aliphatic rings. The summed E-state index contributed by atoms with van der Waals surface area (Å²) in [7, 11) is 0. The van der Waals surface area contributed by atoms with Gasteiger partial charge in [-0.3, -0.25) is 9.69 Å². The molecule has 1 aliphatic heterocycles. The maximum atomic E-state index is 12.8. The quantitative estimate of drug-likeness (QED) is 0.876. The Morgan fingerprint density at radius 2 is 2.09 bits per heavy atom. The van der Waals surface area contributed by atoms with Gasteiger partial charge in [-0.15, -0.1) is 0 Å². The lowest BCUT2D eigenvalue weighted by molar-refractivity contribution is -0.131. The van der Waals surface area contributed by atoms with Crippen molar-refractivity contribution < 1.29 is 14.1 Å². The Hall–Kier alpha value is -2.34. The molecule has 2 aromatic rings. The molecule has 7 heteroatoms. The second-order valence-electron chi connectivity index (χ2n) is 5.76. The molecule has 0 spiro atoms. The van der Waals surface area contributed by atoms with Gasteiger partial charge in [0.2, 0.25) is 0 Å². The summed E-state index contributed by atoms with van der Waals surface area (Å²) in [6, 6.07) is 6.47. The van der Waals surface area contributed by atoms with Crippen molar-refractivity contribution in [1.82, 2.24) is 15.4 Å². The highest BCUT2D eigenvalue weighted by Gasteiger charge is 2.49. The van der Waals surface area contributed by atoms with Crippen LogP contribution in [-0.4, -0.2) is 22.0 Å². The average molecular weight is 334 g/mol. The predicted octanol–water partition coefficient (Wildman–Crippen LogP) is 2.91. The third-order valence-corrected chi connectivity index (χ3v) is 4.41. The molecule has 1 aromatic carbocycles. The fraction of sp³-hybridized carbons (Fsp3) is 0.312. The van der Waals surface area contributed by atoms with Gasteiger partial charge in [0.25, 0.3) is 5.91 Å². The maximum absolute atomic E-state index is 12.8. The first kappa shape index (κ1) is 15.6. The highest BCUT2D eigenvalue weighted by molar-refractivity contribution is 6.30. The Balaban J connectivity index is 1.94. The van der Waals surface area contributed by atoms with Gasteiger partial charge in [-0.1, -0.05) is 28.9 Å². The van der Waals surface area contributed by atoms with Crippen molar-refractivity contribution in [1.29, 1.82) is 0 Å². The molecule has 1 aromatic heterocycles. The van der Waals surface area contributed by atoms with Crippen molar-refractivity contribution in [2.24, 2.45) is 0 Å². The first-order valence-electron chi connectivity index (χ1n) is 7.15. The van der Waals surface area contributed by atoms with Crippen LogP contribution in [0.4, 0.5) is 4.79 Å². The number of benzene rings is 1. The van der Waals surface area contributed by atoms with Crippen molar-refractivity contribution in [3.8, 4) is 0 Å². The van der Waals surface area contributed by atoms with Crippen LogP contribution >= 0.6 is 11.6 Å². The van der Waals surface area contributed by atoms with Gasteiger partial charge in [0.15, 0.2) is 0 Å². The number of nitrogens with zero attached hydrogens (tertiary/aromatic N) is 2. The summed E-state index contributed by atoms with van der Waals surface area (Å²) >= 11 is 6.00. The largest absolute Gasteiger partial charge is 0.361 e. The monoisotopic (exact) mass is 333 g/mol. The summed E-state index contributed by atoms with van der Waals surface area (Å²) in [5.74, 6) is 0.268. The van der Waals surface area contributed by atoms with Crippen LogP contribution in [0.2, 0.25) is 5.02 Å². The van der Waals surface area contributed by atoms with Crippen LogP contribution in [-0.2, 0) is 16.9 Å². The minimum absolute atomic E-state index is 0.127. The molecule has 1 fully saturated rings. The van der Waals surface area contributed by atoms with Gasteiger partial charge >= 0.3 is 6.03 Å². The molecule has 3 rings (SSSR count). The van der Waals surface area contributed by atoms with Gasteiger partial charge < -0.3 is 9.84 Å². The molecule has 23 heavy (non-hydrogen) atoms. The number of nitrogens with one attached hydrogen (secondary N) is 1. The molecule has 0 aliphatic carbocycles. The van der Waals surface area contributed by atoms with E-state index in [1.54, 1.807) is 45.0 Å². The molecule has 0 bridgehead atoms. The number of halogens is 1. The van der Waals surface area contributed by atoms with Crippen molar-refractivity contribution in [3.63, 3.8) is 0 Å². The summed E-state index contributed by atoms with van der Waals surface area (Å²) in [5.41, 5.74) is 0.911. The lowest BCUT2D eigenvalue weighted by Crippen LogP contribution is -2.40. The zero-order valence-electron chi connectivity index (χ0n) is 13.0. The molecule has 2 heterocycles. The van der Waals surface area contributed by atoms with E-state index in [9.17, 15) is 9.59 Å². The van der Waals surface area contributed by atoms with E-state index in [0.717, 1.165) is 5.56 Å². The third kappa shape index (κ3) is 2.49. The smallest absolute Gasteiger partial charge is 0.325 e. The summed E-state index contributed by atoms with van der Waals surface area (Å²) in [6.07, 6.45) is 0. The van der Waals surface area contributed by atoms with E-state index < -0.39 is 11.6 Å². The van der Waals surface area contributed by atoms with Crippen LogP contribution in [0.1, 0.15) is 29.5 Å². The van der Waals surface area contributed by atoms with Gasteiger partial charge in [-0.2, -0.15) is 0 Å². The molecule has 0 saturated carbocycles. The molecular formula is C16H16ClN3O3. The lowest BCUT2D eigenvalue weighted by atomic mass is 9.92. The number of imide groups is 1. The molecule has 0 radical (unpaired) electrons. The zero-order valence-corrected chi connectivity index (χ0v) is 13.8. The molecule has 1 saturated heterocycles. The normalized spacial score (nSPS) is 21.0. The van der Waals surface area contributed by atoms with E-state index >= 15 is 0 Å². The van der Waals surface area contributed by atoms with E-state index in [4.69, 9.17) is 16.1 Å². The van der Waals surface area contributed by atoms with Crippen molar-refractivity contribution in [2.75, 3.05) is 0 Å². The van der Waals surface area contributed by atoms with Crippen LogP contribution < -0.4 is 5.32 Å². The summed E-state index contributed by atoms with van der Waals surface area (Å²) in [5, 5.41) is 7.11. The number of carbonyl (C=O) groups is 2. The molecule has 6 nitrogen and oxygen atoms in total. The van der Waals surface area contributed by atoms with Crippen LogP contribution in [0.5, 0.6) is 0 Å². The van der Waals surface area contributed by atoms with E-state index in [1.807, 2.05) is 0 Å². The molecule has 120 valence electrons. The standard InChI is InChI=1S/C16H16ClN3O3/c1-9-13(10(2)23-19-9)8-20-14(21)16(3,18-15(20)22)11-5-4-6-12(17)7-11/h4-7H,8H2,1-3H3,(H,18,22). The topological polar surface area (TPSA) is 75.4 Å². The van der Waals surface area contributed by atoms with Gasteiger partial charge in [0.1, 0.15) is 11.3 Å².